The molecule has 4 aromatic carbocycles. The Morgan fingerprint density at radius 3 is 2.48 bits per heavy atom. The lowest BCUT2D eigenvalue weighted by Gasteiger charge is -2.10. The van der Waals surface area contributed by atoms with Crippen LogP contribution in [-0.4, -0.2) is 22.7 Å². The van der Waals surface area contributed by atoms with E-state index in [0.29, 0.717) is 17.9 Å². The predicted octanol–water partition coefficient (Wildman–Crippen LogP) is 6.48. The number of benzene rings is 4. The number of ether oxygens (including phenoxy) is 1. The molecule has 0 bridgehead atoms. The van der Waals surface area contributed by atoms with Gasteiger partial charge < -0.3 is 14.4 Å². The fourth-order valence-corrected chi connectivity index (χ4v) is 4.04. The normalized spacial score (nSPS) is 11.4. The maximum atomic E-state index is 12.6. The summed E-state index contributed by atoms with van der Waals surface area (Å²) in [6.07, 6.45) is 0. The zero-order chi connectivity index (χ0) is 22.8. The van der Waals surface area contributed by atoms with Crippen molar-refractivity contribution in [2.45, 2.75) is 6.54 Å². The topological polar surface area (TPSA) is 76.2 Å². The summed E-state index contributed by atoms with van der Waals surface area (Å²) in [7, 11) is 1.54. The highest BCUT2D eigenvalue weighted by Gasteiger charge is 2.18. The first-order valence-electron chi connectivity index (χ1n) is 10.5. The SMILES string of the molecule is COc1cccc(C(=O)N=Nc2c(O)n(Cc3cccc4ccccc34)c3ccccc23)c1. The Hall–Kier alpha value is -4.45. The third-order valence-electron chi connectivity index (χ3n) is 5.68. The number of azo groups is 1. The van der Waals surface area contributed by atoms with Crippen LogP contribution in [0.2, 0.25) is 0 Å². The van der Waals surface area contributed by atoms with Crippen LogP contribution in [0.25, 0.3) is 21.7 Å². The molecule has 0 atom stereocenters. The van der Waals surface area contributed by atoms with E-state index in [1.807, 2.05) is 48.5 Å². The van der Waals surface area contributed by atoms with Gasteiger partial charge in [0.05, 0.1) is 19.2 Å². The number of carbonyl (C=O) groups excluding carboxylic acids is 1. The molecule has 0 aliphatic heterocycles. The molecule has 33 heavy (non-hydrogen) atoms. The molecule has 0 aliphatic rings. The number of hydrogen-bond acceptors (Lipinski definition) is 4. The summed E-state index contributed by atoms with van der Waals surface area (Å²) in [5.74, 6) is 0.0103. The first-order valence-corrected chi connectivity index (χ1v) is 10.5. The van der Waals surface area contributed by atoms with Crippen molar-refractivity contribution in [3.8, 4) is 11.6 Å². The van der Waals surface area contributed by atoms with Crippen molar-refractivity contribution in [3.05, 3.63) is 102 Å². The Labute approximate surface area is 190 Å². The van der Waals surface area contributed by atoms with Crippen LogP contribution in [0.3, 0.4) is 0 Å². The molecular weight excluding hydrogens is 414 g/mol. The van der Waals surface area contributed by atoms with Crippen molar-refractivity contribution in [3.63, 3.8) is 0 Å². The van der Waals surface area contributed by atoms with E-state index in [9.17, 15) is 9.90 Å². The van der Waals surface area contributed by atoms with Crippen molar-refractivity contribution in [2.75, 3.05) is 7.11 Å². The number of hydrogen-bond donors (Lipinski definition) is 1. The molecule has 1 N–H and O–H groups in total. The highest BCUT2D eigenvalue weighted by molar-refractivity contribution is 5.97. The third-order valence-corrected chi connectivity index (χ3v) is 5.68. The molecule has 6 nitrogen and oxygen atoms in total. The molecule has 1 amide bonds. The monoisotopic (exact) mass is 435 g/mol. The van der Waals surface area contributed by atoms with Gasteiger partial charge in [-0.05, 0) is 40.6 Å². The number of methoxy groups -OCH3 is 1. The van der Waals surface area contributed by atoms with Crippen LogP contribution in [-0.2, 0) is 6.54 Å². The van der Waals surface area contributed by atoms with Gasteiger partial charge in [-0.25, -0.2) is 0 Å². The van der Waals surface area contributed by atoms with Crippen molar-refractivity contribution in [1.29, 1.82) is 0 Å². The van der Waals surface area contributed by atoms with E-state index in [2.05, 4.69) is 28.4 Å². The summed E-state index contributed by atoms with van der Waals surface area (Å²) >= 11 is 0. The Bertz CT molecular complexity index is 1510. The lowest BCUT2D eigenvalue weighted by atomic mass is 10.0. The highest BCUT2D eigenvalue weighted by atomic mass is 16.5. The van der Waals surface area contributed by atoms with Gasteiger partial charge in [0.1, 0.15) is 5.75 Å². The summed E-state index contributed by atoms with van der Waals surface area (Å²) in [5, 5.41) is 22.1. The standard InChI is InChI=1S/C27H21N3O3/c1-33-21-12-7-10-19(16-21)26(31)29-28-25-23-14-4-5-15-24(23)30(27(25)32)17-20-11-6-9-18-8-2-3-13-22(18)20/h2-16,32H,17H2,1H3. The molecule has 5 aromatic rings. The lowest BCUT2D eigenvalue weighted by molar-refractivity contribution is 0.0994. The second kappa shape index (κ2) is 8.59. The maximum absolute atomic E-state index is 12.6. The van der Waals surface area contributed by atoms with Crippen LogP contribution in [0.1, 0.15) is 15.9 Å². The second-order valence-corrected chi connectivity index (χ2v) is 7.65. The molecule has 1 aromatic heterocycles. The minimum atomic E-state index is -0.515. The Balaban J connectivity index is 1.55. The van der Waals surface area contributed by atoms with Gasteiger partial charge in [-0.1, -0.05) is 66.7 Å². The third kappa shape index (κ3) is 3.83. The molecule has 1 heterocycles. The number of nitrogens with zero attached hydrogens (tertiary/aromatic N) is 3. The van der Waals surface area contributed by atoms with E-state index >= 15 is 0 Å². The van der Waals surface area contributed by atoms with Gasteiger partial charge in [0.15, 0.2) is 5.69 Å². The zero-order valence-corrected chi connectivity index (χ0v) is 18.0. The summed E-state index contributed by atoms with van der Waals surface area (Å²) in [4.78, 5) is 12.6. The van der Waals surface area contributed by atoms with Crippen molar-refractivity contribution in [2.24, 2.45) is 10.2 Å². The summed E-state index contributed by atoms with van der Waals surface area (Å²) in [5.41, 5.74) is 2.50. The number of amides is 1. The molecule has 0 unspecified atom stereocenters. The van der Waals surface area contributed by atoms with E-state index in [1.165, 1.54) is 7.11 Å². The number of fused-ring (bicyclic) bond motifs is 2. The molecule has 0 saturated carbocycles. The average Bonchev–Trinajstić information content (AvgIpc) is 3.13. The maximum Gasteiger partial charge on any atom is 0.295 e. The molecular formula is C27H21N3O3. The summed E-state index contributed by atoms with van der Waals surface area (Å²) < 4.78 is 6.96. The van der Waals surface area contributed by atoms with Crippen molar-refractivity contribution < 1.29 is 14.6 Å². The van der Waals surface area contributed by atoms with E-state index in [1.54, 1.807) is 28.8 Å². The molecule has 0 spiro atoms. The first-order chi connectivity index (χ1) is 16.2. The van der Waals surface area contributed by atoms with Crippen molar-refractivity contribution in [1.82, 2.24) is 4.57 Å². The van der Waals surface area contributed by atoms with Gasteiger partial charge in [-0.3, -0.25) is 4.79 Å². The van der Waals surface area contributed by atoms with Gasteiger partial charge in [-0.2, -0.15) is 0 Å². The average molecular weight is 435 g/mol. The zero-order valence-electron chi connectivity index (χ0n) is 18.0. The molecule has 0 radical (unpaired) electrons. The summed E-state index contributed by atoms with van der Waals surface area (Å²) in [6.45, 7) is 0.451. The lowest BCUT2D eigenvalue weighted by Crippen LogP contribution is -1.99. The van der Waals surface area contributed by atoms with Gasteiger partial charge >= 0.3 is 0 Å². The van der Waals surface area contributed by atoms with Crippen molar-refractivity contribution >= 4 is 33.3 Å². The molecule has 6 heteroatoms. The first kappa shape index (κ1) is 20.5. The molecule has 5 rings (SSSR count). The van der Waals surface area contributed by atoms with Crippen LogP contribution < -0.4 is 4.74 Å². The fraction of sp³-hybridized carbons (Fsp3) is 0.0741. The molecule has 0 fully saturated rings. The largest absolute Gasteiger partial charge is 0.497 e. The highest BCUT2D eigenvalue weighted by Crippen LogP contribution is 2.39. The van der Waals surface area contributed by atoms with E-state index in [-0.39, 0.29) is 11.6 Å². The van der Waals surface area contributed by atoms with Crippen LogP contribution in [0.4, 0.5) is 5.69 Å². The number of aromatic hydroxyl groups is 1. The van der Waals surface area contributed by atoms with Gasteiger partial charge in [-0.15, -0.1) is 10.2 Å². The Kier molecular flexibility index (Phi) is 5.32. The fourth-order valence-electron chi connectivity index (χ4n) is 4.04. The number of para-hydroxylation sites is 1. The number of aromatic nitrogens is 1. The second-order valence-electron chi connectivity index (χ2n) is 7.65. The smallest absolute Gasteiger partial charge is 0.295 e. The predicted molar refractivity (Wildman–Crippen MR) is 128 cm³/mol. The van der Waals surface area contributed by atoms with Crippen LogP contribution >= 0.6 is 0 Å². The van der Waals surface area contributed by atoms with Crippen LogP contribution in [0.15, 0.2) is 101 Å². The van der Waals surface area contributed by atoms with Crippen LogP contribution in [0.5, 0.6) is 11.6 Å². The number of carbonyl (C=O) groups is 1. The van der Waals surface area contributed by atoms with Crippen LogP contribution in [0, 0.1) is 0 Å². The van der Waals surface area contributed by atoms with Gasteiger partial charge in [0.2, 0.25) is 5.88 Å². The Morgan fingerprint density at radius 1 is 0.909 bits per heavy atom. The minimum Gasteiger partial charge on any atom is -0.497 e. The van der Waals surface area contributed by atoms with Gasteiger partial charge in [0.25, 0.3) is 5.91 Å². The Morgan fingerprint density at radius 2 is 1.64 bits per heavy atom. The summed E-state index contributed by atoms with van der Waals surface area (Å²) in [6, 6.07) is 28.5. The quantitative estimate of drug-likeness (QED) is 0.321. The van der Waals surface area contributed by atoms with Gasteiger partial charge in [0, 0.05) is 10.9 Å². The van der Waals surface area contributed by atoms with E-state index in [0.717, 1.165) is 27.2 Å². The molecule has 0 saturated heterocycles. The van der Waals surface area contributed by atoms with E-state index < -0.39 is 5.91 Å². The molecule has 162 valence electrons. The number of rotatable bonds is 5. The minimum absolute atomic E-state index is 0.0358. The molecule has 0 aliphatic carbocycles. The van der Waals surface area contributed by atoms with E-state index in [4.69, 9.17) is 4.74 Å².